The molecule has 50 heavy (non-hydrogen) atoms. The molecule has 0 unspecified atom stereocenters. The SMILES string of the molecule is C#Cc1cc2[nH]c1c(-c1ccccc1)c1nc(c(-c3ccccc3)c3ccc([nH]3)c(-c3ccccc3)c3nc(c2-c2ccccc2)C=C3)C=C1. The zero-order chi connectivity index (χ0) is 33.4. The van der Waals surface area contributed by atoms with Crippen molar-refractivity contribution in [1.82, 2.24) is 19.9 Å². The molecule has 0 saturated carbocycles. The maximum atomic E-state index is 6.29. The Morgan fingerprint density at radius 3 is 1.16 bits per heavy atom. The second-order valence-corrected chi connectivity index (χ2v) is 12.3. The third kappa shape index (κ3) is 5.06. The quantitative estimate of drug-likeness (QED) is 0.188. The van der Waals surface area contributed by atoms with Crippen molar-refractivity contribution >= 4 is 46.4 Å². The van der Waals surface area contributed by atoms with Crippen LogP contribution in [0.15, 0.2) is 140 Å². The Morgan fingerprint density at radius 2 is 0.760 bits per heavy atom. The Kier molecular flexibility index (Phi) is 7.15. The minimum Gasteiger partial charge on any atom is -0.354 e. The summed E-state index contributed by atoms with van der Waals surface area (Å²) in [5, 5.41) is 0. The van der Waals surface area contributed by atoms with Crippen LogP contribution in [-0.4, -0.2) is 19.9 Å². The minimum atomic E-state index is 0.755. The number of hydrogen-bond donors (Lipinski definition) is 2. The lowest BCUT2D eigenvalue weighted by Crippen LogP contribution is -1.89. The highest BCUT2D eigenvalue weighted by molar-refractivity contribution is 6.01. The van der Waals surface area contributed by atoms with Crippen LogP contribution in [0, 0.1) is 12.3 Å². The van der Waals surface area contributed by atoms with Crippen LogP contribution in [0.2, 0.25) is 0 Å². The van der Waals surface area contributed by atoms with Crippen LogP contribution in [0.5, 0.6) is 0 Å². The predicted molar refractivity (Wildman–Crippen MR) is 209 cm³/mol. The second kappa shape index (κ2) is 12.2. The highest BCUT2D eigenvalue weighted by atomic mass is 14.8. The van der Waals surface area contributed by atoms with E-state index in [4.69, 9.17) is 16.4 Å². The number of rotatable bonds is 4. The molecule has 0 radical (unpaired) electrons. The van der Waals surface area contributed by atoms with E-state index in [0.29, 0.717) is 0 Å². The van der Waals surface area contributed by atoms with E-state index in [-0.39, 0.29) is 0 Å². The Morgan fingerprint density at radius 1 is 0.400 bits per heavy atom. The van der Waals surface area contributed by atoms with Crippen LogP contribution in [-0.2, 0) is 0 Å². The first-order chi connectivity index (χ1) is 24.7. The first kappa shape index (κ1) is 29.2. The third-order valence-corrected chi connectivity index (χ3v) is 9.27. The number of terminal acetylenes is 1. The van der Waals surface area contributed by atoms with Crippen LogP contribution in [0.4, 0.5) is 0 Å². The van der Waals surface area contributed by atoms with Crippen molar-refractivity contribution < 1.29 is 0 Å². The van der Waals surface area contributed by atoms with Crippen molar-refractivity contribution in [3.63, 3.8) is 0 Å². The summed E-state index contributed by atoms with van der Waals surface area (Å²) >= 11 is 0. The summed E-state index contributed by atoms with van der Waals surface area (Å²) < 4.78 is 0. The van der Waals surface area contributed by atoms with Gasteiger partial charge in [0.05, 0.1) is 33.9 Å². The van der Waals surface area contributed by atoms with Gasteiger partial charge in [0.25, 0.3) is 0 Å². The molecular formula is C46H30N4. The molecule has 9 rings (SSSR count). The van der Waals surface area contributed by atoms with Crippen molar-refractivity contribution in [2.45, 2.75) is 0 Å². The Hall–Kier alpha value is -6.96. The number of benzene rings is 4. The van der Waals surface area contributed by atoms with Gasteiger partial charge in [-0.05, 0) is 64.8 Å². The Balaban J connectivity index is 1.52. The molecule has 2 N–H and O–H groups in total. The highest BCUT2D eigenvalue weighted by Gasteiger charge is 2.20. The molecule has 8 bridgehead atoms. The molecule has 4 nitrogen and oxygen atoms in total. The number of hydrogen-bond acceptors (Lipinski definition) is 2. The van der Waals surface area contributed by atoms with Gasteiger partial charge in [0.2, 0.25) is 0 Å². The number of H-pyrrole nitrogens is 2. The maximum Gasteiger partial charge on any atom is 0.0737 e. The first-order valence-electron chi connectivity index (χ1n) is 16.6. The molecule has 0 spiro atoms. The fourth-order valence-corrected chi connectivity index (χ4v) is 7.03. The van der Waals surface area contributed by atoms with E-state index in [1.165, 1.54) is 0 Å². The van der Waals surface area contributed by atoms with Crippen molar-refractivity contribution in [3.05, 3.63) is 168 Å². The van der Waals surface area contributed by atoms with Crippen LogP contribution in [0.1, 0.15) is 28.3 Å². The van der Waals surface area contributed by atoms with E-state index in [2.05, 4.69) is 143 Å². The molecular weight excluding hydrogens is 609 g/mol. The van der Waals surface area contributed by atoms with Gasteiger partial charge in [-0.2, -0.15) is 0 Å². The zero-order valence-electron chi connectivity index (χ0n) is 27.1. The fraction of sp³-hybridized carbons (Fsp3) is 0. The second-order valence-electron chi connectivity index (χ2n) is 12.3. The van der Waals surface area contributed by atoms with Gasteiger partial charge in [0, 0.05) is 38.8 Å². The molecule has 4 aromatic carbocycles. The van der Waals surface area contributed by atoms with E-state index in [9.17, 15) is 0 Å². The lowest BCUT2D eigenvalue weighted by atomic mass is 10.0. The molecule has 0 aliphatic carbocycles. The van der Waals surface area contributed by atoms with Crippen LogP contribution >= 0.6 is 0 Å². The highest BCUT2D eigenvalue weighted by Crippen LogP contribution is 2.39. The molecule has 2 aliphatic heterocycles. The van der Waals surface area contributed by atoms with Gasteiger partial charge in [-0.1, -0.05) is 127 Å². The maximum absolute atomic E-state index is 6.29. The van der Waals surface area contributed by atoms with E-state index in [0.717, 1.165) is 94.9 Å². The summed E-state index contributed by atoms with van der Waals surface area (Å²) in [5.74, 6) is 2.99. The van der Waals surface area contributed by atoms with Crippen LogP contribution in [0.25, 0.3) is 90.9 Å². The predicted octanol–water partition coefficient (Wildman–Crippen LogP) is 11.3. The monoisotopic (exact) mass is 638 g/mol. The summed E-state index contributed by atoms with van der Waals surface area (Å²) in [6.45, 7) is 0. The molecule has 234 valence electrons. The Labute approximate surface area is 290 Å². The van der Waals surface area contributed by atoms with Gasteiger partial charge >= 0.3 is 0 Å². The van der Waals surface area contributed by atoms with Crippen molar-refractivity contribution in [1.29, 1.82) is 0 Å². The molecule has 3 aromatic heterocycles. The summed E-state index contributed by atoms with van der Waals surface area (Å²) in [6.07, 6.45) is 14.7. The van der Waals surface area contributed by atoms with Gasteiger partial charge in [-0.25, -0.2) is 9.97 Å². The van der Waals surface area contributed by atoms with Gasteiger partial charge in [0.15, 0.2) is 0 Å². The number of aromatic amines is 2. The number of nitrogens with zero attached hydrogens (tertiary/aromatic N) is 2. The number of nitrogens with one attached hydrogen (secondary N) is 2. The number of fused-ring (bicyclic) bond motifs is 8. The van der Waals surface area contributed by atoms with E-state index < -0.39 is 0 Å². The largest absolute Gasteiger partial charge is 0.354 e. The molecule has 5 heterocycles. The average molecular weight is 639 g/mol. The van der Waals surface area contributed by atoms with Crippen LogP contribution in [0.3, 0.4) is 0 Å². The summed E-state index contributed by atoms with van der Waals surface area (Å²) in [7, 11) is 0. The molecule has 4 heteroatoms. The van der Waals surface area contributed by atoms with Gasteiger partial charge < -0.3 is 9.97 Å². The molecule has 2 aliphatic rings. The van der Waals surface area contributed by atoms with Gasteiger partial charge in [0.1, 0.15) is 0 Å². The topological polar surface area (TPSA) is 57.4 Å². The van der Waals surface area contributed by atoms with Crippen molar-refractivity contribution in [2.24, 2.45) is 0 Å². The fourth-order valence-electron chi connectivity index (χ4n) is 7.03. The first-order valence-corrected chi connectivity index (χ1v) is 16.6. The lowest BCUT2D eigenvalue weighted by Gasteiger charge is -2.07. The smallest absolute Gasteiger partial charge is 0.0737 e. The summed E-state index contributed by atoms with van der Waals surface area (Å²) in [6, 6.07) is 47.9. The van der Waals surface area contributed by atoms with Crippen LogP contribution < -0.4 is 0 Å². The molecule has 0 saturated heterocycles. The standard InChI is InChI=1S/C46H30N4/c1-2-30-29-41-44(33-19-11-5-12-20-33)39-26-25-37(48-39)42(31-15-7-3-8-16-31)35-23-24-36(47-35)43(32-17-9-4-10-18-32)38-27-28-40(49-38)45(46(30)50-41)34-21-13-6-14-22-34/h1,3-29,47,50H. The van der Waals surface area contributed by atoms with Crippen molar-refractivity contribution in [2.75, 3.05) is 0 Å². The number of aromatic nitrogens is 4. The minimum absolute atomic E-state index is 0.755. The normalized spacial score (nSPS) is 11.8. The van der Waals surface area contributed by atoms with Gasteiger partial charge in [-0.3, -0.25) is 0 Å². The molecule has 0 amide bonds. The summed E-state index contributed by atoms with van der Waals surface area (Å²) in [5.41, 5.74) is 15.9. The third-order valence-electron chi connectivity index (χ3n) is 9.27. The average Bonchev–Trinajstić information content (AvgIpc) is 4.00. The lowest BCUT2D eigenvalue weighted by molar-refractivity contribution is 1.31. The summed E-state index contributed by atoms with van der Waals surface area (Å²) in [4.78, 5) is 18.3. The Bertz CT molecular complexity index is 2670. The van der Waals surface area contributed by atoms with E-state index in [1.807, 2.05) is 36.4 Å². The molecule has 7 aromatic rings. The van der Waals surface area contributed by atoms with E-state index >= 15 is 0 Å². The zero-order valence-corrected chi connectivity index (χ0v) is 27.1. The molecule has 0 atom stereocenters. The van der Waals surface area contributed by atoms with E-state index in [1.54, 1.807) is 0 Å². The molecule has 0 fully saturated rings. The van der Waals surface area contributed by atoms with Crippen molar-refractivity contribution in [3.8, 4) is 56.9 Å². The van der Waals surface area contributed by atoms with Gasteiger partial charge in [-0.15, -0.1) is 6.42 Å².